The van der Waals surface area contributed by atoms with Crippen molar-refractivity contribution < 1.29 is 14.4 Å². The number of hydrogen-bond acceptors (Lipinski definition) is 4. The molecule has 5 rings (SSSR count). The van der Waals surface area contributed by atoms with Crippen molar-refractivity contribution in [1.82, 2.24) is 14.8 Å². The van der Waals surface area contributed by atoms with Gasteiger partial charge in [0.15, 0.2) is 0 Å². The van der Waals surface area contributed by atoms with E-state index in [2.05, 4.69) is 31.1 Å². The van der Waals surface area contributed by atoms with Crippen molar-refractivity contribution in [2.75, 3.05) is 18.9 Å². The van der Waals surface area contributed by atoms with Crippen LogP contribution in [0.1, 0.15) is 42.6 Å². The number of likely N-dealkylation sites (tertiary alicyclic amines) is 1. The molecule has 2 aliphatic heterocycles. The number of rotatable bonds is 5. The number of amides is 3. The number of pyridine rings is 1. The van der Waals surface area contributed by atoms with Crippen LogP contribution in [0.15, 0.2) is 59.2 Å². The van der Waals surface area contributed by atoms with Crippen molar-refractivity contribution in [3.63, 3.8) is 0 Å². The summed E-state index contributed by atoms with van der Waals surface area (Å²) in [7, 11) is 1.63. The molecule has 1 spiro atoms. The van der Waals surface area contributed by atoms with E-state index in [0.717, 1.165) is 26.6 Å². The van der Waals surface area contributed by atoms with Crippen molar-refractivity contribution >= 4 is 50.2 Å². The summed E-state index contributed by atoms with van der Waals surface area (Å²) in [5, 5.41) is 3.73. The van der Waals surface area contributed by atoms with Gasteiger partial charge < -0.3 is 10.2 Å². The van der Waals surface area contributed by atoms with Gasteiger partial charge in [-0.1, -0.05) is 48.0 Å². The Morgan fingerprint density at radius 1 is 1.26 bits per heavy atom. The number of para-hydroxylation sites is 1. The van der Waals surface area contributed by atoms with Gasteiger partial charge in [-0.25, -0.2) is 6.57 Å². The number of carbonyl (C=O) groups is 3. The minimum Gasteiger partial charge on any atom is -0.330 e. The number of aromatic nitrogens is 1. The van der Waals surface area contributed by atoms with Gasteiger partial charge in [0.05, 0.1) is 11.9 Å². The van der Waals surface area contributed by atoms with Gasteiger partial charge in [-0.05, 0) is 48.2 Å². The first-order valence-electron chi connectivity index (χ1n) is 12.6. The normalized spacial score (nSPS) is 20.9. The summed E-state index contributed by atoms with van der Waals surface area (Å²) in [4.78, 5) is 52.0. The maximum absolute atomic E-state index is 14.1. The largest absolute Gasteiger partial charge is 0.330 e. The third-order valence-corrected chi connectivity index (χ3v) is 8.28. The second-order valence-corrected chi connectivity index (χ2v) is 11.3. The van der Waals surface area contributed by atoms with Crippen LogP contribution in [0, 0.1) is 12.5 Å². The van der Waals surface area contributed by atoms with Gasteiger partial charge in [-0.2, -0.15) is 0 Å². The van der Waals surface area contributed by atoms with Gasteiger partial charge >= 0.3 is 6.17 Å². The predicted molar refractivity (Wildman–Crippen MR) is 148 cm³/mol. The highest BCUT2D eigenvalue weighted by molar-refractivity contribution is 9.10. The first-order valence-corrected chi connectivity index (χ1v) is 13.3. The minimum atomic E-state index is -0.968. The molecule has 3 amide bonds. The van der Waals surface area contributed by atoms with Crippen LogP contribution in [0.25, 0.3) is 15.7 Å². The topological polar surface area (TPSA) is 87.0 Å². The fourth-order valence-electron chi connectivity index (χ4n) is 5.61. The van der Waals surface area contributed by atoms with Crippen LogP contribution in [0.2, 0.25) is 0 Å². The average Bonchev–Trinajstić information content (AvgIpc) is 3.44. The number of anilines is 1. The second-order valence-electron chi connectivity index (χ2n) is 10.4. The third-order valence-electron chi connectivity index (χ3n) is 7.59. The zero-order valence-corrected chi connectivity index (χ0v) is 23.0. The van der Waals surface area contributed by atoms with Crippen LogP contribution >= 0.6 is 15.9 Å². The van der Waals surface area contributed by atoms with Crippen LogP contribution in [0.5, 0.6) is 0 Å². The first-order chi connectivity index (χ1) is 18.2. The SMILES string of the molecule is [C-]#[N+][C@@H]1C[C@@]2(CN1C(=O)[C@H](CC(C)C)N(C)C(=O)c1ccc3nccc(Br)c3c1)C(=O)Nc1ccccc12. The number of fused-ring (bicyclic) bond motifs is 3. The molecule has 9 heteroatoms. The molecular formula is C29H28BrN5O3. The Kier molecular flexibility index (Phi) is 6.70. The van der Waals surface area contributed by atoms with E-state index in [0.29, 0.717) is 12.0 Å². The Labute approximate surface area is 230 Å². The highest BCUT2D eigenvalue weighted by Gasteiger charge is 2.59. The van der Waals surface area contributed by atoms with Crippen LogP contribution in [-0.4, -0.2) is 58.3 Å². The van der Waals surface area contributed by atoms with E-state index in [-0.39, 0.29) is 36.6 Å². The lowest BCUT2D eigenvalue weighted by Gasteiger charge is -2.32. The quantitative estimate of drug-likeness (QED) is 0.442. The summed E-state index contributed by atoms with van der Waals surface area (Å²) in [5.74, 6) is -0.678. The second kappa shape index (κ2) is 9.84. The zero-order valence-electron chi connectivity index (χ0n) is 21.4. The van der Waals surface area contributed by atoms with Crippen molar-refractivity contribution in [3.8, 4) is 0 Å². The number of benzene rings is 2. The maximum Gasteiger partial charge on any atom is 0.302 e. The van der Waals surface area contributed by atoms with Gasteiger partial charge in [0.2, 0.25) is 5.91 Å². The fraction of sp³-hybridized carbons (Fsp3) is 0.345. The van der Waals surface area contributed by atoms with E-state index in [1.54, 1.807) is 31.4 Å². The Morgan fingerprint density at radius 2 is 2.03 bits per heavy atom. The molecule has 0 bridgehead atoms. The number of carbonyl (C=O) groups excluding carboxylic acids is 3. The number of nitrogens with one attached hydrogen (secondary N) is 1. The van der Waals surface area contributed by atoms with Crippen LogP contribution in [0.4, 0.5) is 5.69 Å². The average molecular weight is 574 g/mol. The smallest absolute Gasteiger partial charge is 0.302 e. The molecule has 2 aliphatic rings. The molecule has 3 aromatic rings. The lowest BCUT2D eigenvalue weighted by molar-refractivity contribution is -0.136. The third kappa shape index (κ3) is 4.23. The Bertz CT molecular complexity index is 1500. The molecule has 0 radical (unpaired) electrons. The summed E-state index contributed by atoms with van der Waals surface area (Å²) in [6, 6.07) is 13.7. The predicted octanol–water partition coefficient (Wildman–Crippen LogP) is 4.85. The van der Waals surface area contributed by atoms with E-state index >= 15 is 0 Å². The number of likely N-dealkylation sites (N-methyl/N-ethyl adjacent to an activating group) is 1. The van der Waals surface area contributed by atoms with E-state index in [9.17, 15) is 14.4 Å². The van der Waals surface area contributed by atoms with Crippen molar-refractivity contribution in [1.29, 1.82) is 0 Å². The van der Waals surface area contributed by atoms with Crippen LogP contribution in [0.3, 0.4) is 0 Å². The van der Waals surface area contributed by atoms with Gasteiger partial charge in [0.1, 0.15) is 11.5 Å². The number of halogens is 1. The monoisotopic (exact) mass is 573 g/mol. The van der Waals surface area contributed by atoms with Crippen LogP contribution in [-0.2, 0) is 15.0 Å². The van der Waals surface area contributed by atoms with E-state index in [4.69, 9.17) is 6.57 Å². The lowest BCUT2D eigenvalue weighted by Crippen LogP contribution is -2.51. The van der Waals surface area contributed by atoms with Crippen molar-refractivity contribution in [2.45, 2.75) is 44.3 Å². The molecule has 0 saturated carbocycles. The molecule has 1 aromatic heterocycles. The van der Waals surface area contributed by atoms with Crippen molar-refractivity contribution in [2.24, 2.45) is 5.92 Å². The van der Waals surface area contributed by atoms with Gasteiger partial charge in [0, 0.05) is 40.9 Å². The number of hydrogen-bond donors (Lipinski definition) is 1. The van der Waals surface area contributed by atoms with Gasteiger partial charge in [-0.15, -0.1) is 0 Å². The maximum atomic E-state index is 14.1. The Hall–Kier alpha value is -3.77. The molecule has 0 unspecified atom stereocenters. The molecule has 0 aliphatic carbocycles. The Morgan fingerprint density at radius 3 is 2.76 bits per heavy atom. The summed E-state index contributed by atoms with van der Waals surface area (Å²) in [6.07, 6.45) is 1.55. The summed E-state index contributed by atoms with van der Waals surface area (Å²) >= 11 is 3.52. The highest BCUT2D eigenvalue weighted by atomic mass is 79.9. The number of nitrogens with zero attached hydrogens (tertiary/aromatic N) is 4. The van der Waals surface area contributed by atoms with Crippen LogP contribution < -0.4 is 5.32 Å². The summed E-state index contributed by atoms with van der Waals surface area (Å²) in [6.45, 7) is 11.9. The molecule has 1 saturated heterocycles. The zero-order chi connectivity index (χ0) is 27.2. The molecule has 1 fully saturated rings. The molecule has 38 heavy (non-hydrogen) atoms. The Balaban J connectivity index is 1.46. The molecule has 194 valence electrons. The van der Waals surface area contributed by atoms with Gasteiger partial charge in [-0.3, -0.25) is 29.1 Å². The molecular weight excluding hydrogens is 546 g/mol. The molecule has 2 aromatic carbocycles. The van der Waals surface area contributed by atoms with Gasteiger partial charge in [0.25, 0.3) is 11.8 Å². The van der Waals surface area contributed by atoms with E-state index in [1.807, 2.05) is 44.2 Å². The minimum absolute atomic E-state index is 0.104. The van der Waals surface area contributed by atoms with E-state index < -0.39 is 17.6 Å². The molecule has 1 N–H and O–H groups in total. The highest BCUT2D eigenvalue weighted by Crippen LogP contribution is 2.47. The lowest BCUT2D eigenvalue weighted by atomic mass is 9.80. The summed E-state index contributed by atoms with van der Waals surface area (Å²) < 4.78 is 0.826. The molecule has 3 atom stereocenters. The molecule has 8 nitrogen and oxygen atoms in total. The fourth-order valence-corrected chi connectivity index (χ4v) is 6.05. The summed E-state index contributed by atoms with van der Waals surface area (Å²) in [5.41, 5.74) is 1.77. The standard InChI is InChI=1S/C29H28BrN5O3/c1-17(2)13-24(34(4)26(36)18-9-10-22-19(14-18)21(30)11-12-32-22)27(37)35-16-29(15-25(35)31-3)20-7-5-6-8-23(20)33-28(29)38/h5-12,14,17,24-25H,13,15-16H2,1-2,4H3,(H,33,38)/t24-,25-,29-/m0/s1. The van der Waals surface area contributed by atoms with Crippen molar-refractivity contribution in [3.05, 3.63) is 81.7 Å². The first kappa shape index (κ1) is 25.9. The molecule has 3 heterocycles. The van der Waals surface area contributed by atoms with E-state index in [1.165, 1.54) is 9.80 Å².